The van der Waals surface area contributed by atoms with E-state index in [0.29, 0.717) is 6.54 Å². The van der Waals surface area contributed by atoms with Crippen LogP contribution in [0.4, 0.5) is 4.39 Å². The first-order valence-electron chi connectivity index (χ1n) is 5.35. The van der Waals surface area contributed by atoms with Gasteiger partial charge < -0.3 is 5.32 Å². The van der Waals surface area contributed by atoms with Crippen molar-refractivity contribution in [3.8, 4) is 0 Å². The van der Waals surface area contributed by atoms with E-state index in [2.05, 4.69) is 5.32 Å². The van der Waals surface area contributed by atoms with Gasteiger partial charge in [-0.25, -0.2) is 4.39 Å². The quantitative estimate of drug-likeness (QED) is 0.820. The zero-order chi connectivity index (χ0) is 10.7. The van der Waals surface area contributed by atoms with Gasteiger partial charge in [0.2, 0.25) is 0 Å². The molecule has 1 aliphatic heterocycles. The van der Waals surface area contributed by atoms with Gasteiger partial charge in [0.25, 0.3) is 0 Å². The van der Waals surface area contributed by atoms with E-state index in [1.165, 1.54) is 5.56 Å². The lowest BCUT2D eigenvalue weighted by atomic mass is 9.89. The van der Waals surface area contributed by atoms with Crippen LogP contribution in [-0.4, -0.2) is 19.3 Å². The molecule has 82 valence electrons. The molecule has 15 heavy (non-hydrogen) atoms. The van der Waals surface area contributed by atoms with Crippen LogP contribution in [0.2, 0.25) is 5.02 Å². The van der Waals surface area contributed by atoms with Crippen molar-refractivity contribution in [3.63, 3.8) is 0 Å². The Morgan fingerprint density at radius 2 is 2.07 bits per heavy atom. The number of hydrogen-bond donors (Lipinski definition) is 1. The fourth-order valence-electron chi connectivity index (χ4n) is 2.03. The summed E-state index contributed by atoms with van der Waals surface area (Å²) in [6.07, 6.45) is 1.03. The molecule has 0 aromatic heterocycles. The van der Waals surface area contributed by atoms with Gasteiger partial charge in [-0.1, -0.05) is 23.7 Å². The summed E-state index contributed by atoms with van der Waals surface area (Å²) in [6, 6.07) is 7.70. The van der Waals surface area contributed by atoms with Gasteiger partial charge in [-0.2, -0.15) is 0 Å². The minimum absolute atomic E-state index is 0.160. The molecule has 1 saturated heterocycles. The van der Waals surface area contributed by atoms with Gasteiger partial charge in [0.1, 0.15) is 6.17 Å². The van der Waals surface area contributed by atoms with Crippen LogP contribution in [0.25, 0.3) is 0 Å². The summed E-state index contributed by atoms with van der Waals surface area (Å²) in [5, 5.41) is 3.80. The van der Waals surface area contributed by atoms with Gasteiger partial charge in [0.05, 0.1) is 0 Å². The highest BCUT2D eigenvalue weighted by Gasteiger charge is 2.24. The lowest BCUT2D eigenvalue weighted by Crippen LogP contribution is -2.38. The highest BCUT2D eigenvalue weighted by Crippen LogP contribution is 2.21. The van der Waals surface area contributed by atoms with Crippen molar-refractivity contribution >= 4 is 11.6 Å². The Labute approximate surface area is 94.6 Å². The molecule has 1 aromatic rings. The molecule has 1 aromatic carbocycles. The van der Waals surface area contributed by atoms with Crippen LogP contribution in [0.15, 0.2) is 24.3 Å². The lowest BCUT2D eigenvalue weighted by Gasteiger charge is -2.26. The molecule has 0 bridgehead atoms. The summed E-state index contributed by atoms with van der Waals surface area (Å²) >= 11 is 5.80. The molecule has 3 heteroatoms. The van der Waals surface area contributed by atoms with Crippen molar-refractivity contribution < 1.29 is 4.39 Å². The largest absolute Gasteiger partial charge is 0.314 e. The normalized spacial score (nSPS) is 26.5. The Bertz CT molecular complexity index is 312. The summed E-state index contributed by atoms with van der Waals surface area (Å²) in [6.45, 7) is 1.43. The van der Waals surface area contributed by atoms with Crippen molar-refractivity contribution in [2.45, 2.75) is 19.0 Å². The number of rotatable bonds is 2. The molecular weight excluding hydrogens is 213 g/mol. The highest BCUT2D eigenvalue weighted by atomic mass is 35.5. The van der Waals surface area contributed by atoms with Crippen molar-refractivity contribution in [1.29, 1.82) is 0 Å². The third-order valence-electron chi connectivity index (χ3n) is 2.95. The summed E-state index contributed by atoms with van der Waals surface area (Å²) in [4.78, 5) is 0. The molecule has 2 atom stereocenters. The Balaban J connectivity index is 1.98. The van der Waals surface area contributed by atoms with E-state index < -0.39 is 6.17 Å². The summed E-state index contributed by atoms with van der Waals surface area (Å²) < 4.78 is 13.5. The molecule has 0 radical (unpaired) electrons. The van der Waals surface area contributed by atoms with Gasteiger partial charge in [0, 0.05) is 11.6 Å². The van der Waals surface area contributed by atoms with Crippen LogP contribution in [0.5, 0.6) is 0 Å². The molecule has 0 saturated carbocycles. The molecule has 0 spiro atoms. The molecule has 0 aliphatic carbocycles. The predicted molar refractivity (Wildman–Crippen MR) is 61.0 cm³/mol. The van der Waals surface area contributed by atoms with Crippen molar-refractivity contribution in [2.75, 3.05) is 13.1 Å². The topological polar surface area (TPSA) is 12.0 Å². The van der Waals surface area contributed by atoms with E-state index in [0.717, 1.165) is 24.4 Å². The fraction of sp³-hybridized carbons (Fsp3) is 0.500. The van der Waals surface area contributed by atoms with E-state index in [1.807, 2.05) is 24.3 Å². The molecular formula is C12H15ClFN. The standard InChI is InChI=1S/C12H15ClFN/c13-11-3-1-9(2-4-11)7-10-5-6-15-8-12(10)14/h1-4,10,12,15H,5-8H2. The van der Waals surface area contributed by atoms with Crippen molar-refractivity contribution in [3.05, 3.63) is 34.9 Å². The van der Waals surface area contributed by atoms with Gasteiger partial charge >= 0.3 is 0 Å². The molecule has 1 aliphatic rings. The smallest absolute Gasteiger partial charge is 0.116 e. The van der Waals surface area contributed by atoms with Crippen LogP contribution in [-0.2, 0) is 6.42 Å². The van der Waals surface area contributed by atoms with E-state index in [-0.39, 0.29) is 5.92 Å². The third-order valence-corrected chi connectivity index (χ3v) is 3.21. The first-order valence-corrected chi connectivity index (χ1v) is 5.73. The molecule has 2 rings (SSSR count). The van der Waals surface area contributed by atoms with Crippen molar-refractivity contribution in [1.82, 2.24) is 5.32 Å². The fourth-order valence-corrected chi connectivity index (χ4v) is 2.15. The van der Waals surface area contributed by atoms with Crippen LogP contribution < -0.4 is 5.32 Å². The number of halogens is 2. The number of alkyl halides is 1. The van der Waals surface area contributed by atoms with E-state index in [1.54, 1.807) is 0 Å². The molecule has 1 nitrogen and oxygen atoms in total. The second kappa shape index (κ2) is 4.95. The minimum Gasteiger partial charge on any atom is -0.314 e. The molecule has 1 fully saturated rings. The zero-order valence-corrected chi connectivity index (χ0v) is 9.30. The summed E-state index contributed by atoms with van der Waals surface area (Å²) in [5.74, 6) is 0.160. The van der Waals surface area contributed by atoms with Crippen LogP contribution in [0.1, 0.15) is 12.0 Å². The Morgan fingerprint density at radius 3 is 2.73 bits per heavy atom. The molecule has 1 heterocycles. The van der Waals surface area contributed by atoms with E-state index in [4.69, 9.17) is 11.6 Å². The number of piperidine rings is 1. The first-order chi connectivity index (χ1) is 7.25. The summed E-state index contributed by atoms with van der Waals surface area (Å²) in [7, 11) is 0. The maximum atomic E-state index is 13.5. The second-order valence-corrected chi connectivity index (χ2v) is 4.54. The number of nitrogens with one attached hydrogen (secondary N) is 1. The Kier molecular flexibility index (Phi) is 3.60. The van der Waals surface area contributed by atoms with E-state index >= 15 is 0 Å². The zero-order valence-electron chi connectivity index (χ0n) is 8.55. The monoisotopic (exact) mass is 227 g/mol. The highest BCUT2D eigenvalue weighted by molar-refractivity contribution is 6.30. The average Bonchev–Trinajstić information content (AvgIpc) is 2.25. The average molecular weight is 228 g/mol. The first kappa shape index (κ1) is 10.9. The minimum atomic E-state index is -0.713. The number of benzene rings is 1. The van der Waals surface area contributed by atoms with Gasteiger partial charge in [-0.05, 0) is 43.0 Å². The van der Waals surface area contributed by atoms with Crippen LogP contribution >= 0.6 is 11.6 Å². The third kappa shape index (κ3) is 2.93. The lowest BCUT2D eigenvalue weighted by molar-refractivity contribution is 0.179. The molecule has 2 unspecified atom stereocenters. The van der Waals surface area contributed by atoms with Gasteiger partial charge in [-0.3, -0.25) is 0 Å². The maximum absolute atomic E-state index is 13.5. The predicted octanol–water partition coefficient (Wildman–Crippen LogP) is 2.83. The van der Waals surface area contributed by atoms with Crippen molar-refractivity contribution in [2.24, 2.45) is 5.92 Å². The second-order valence-electron chi connectivity index (χ2n) is 4.10. The van der Waals surface area contributed by atoms with Gasteiger partial charge in [-0.15, -0.1) is 0 Å². The molecule has 0 amide bonds. The molecule has 1 N–H and O–H groups in total. The SMILES string of the molecule is FC1CNCCC1Cc1ccc(Cl)cc1. The number of hydrogen-bond acceptors (Lipinski definition) is 1. The van der Waals surface area contributed by atoms with Crippen LogP contribution in [0.3, 0.4) is 0 Å². The van der Waals surface area contributed by atoms with E-state index in [9.17, 15) is 4.39 Å². The summed E-state index contributed by atoms with van der Waals surface area (Å²) in [5.41, 5.74) is 1.17. The van der Waals surface area contributed by atoms with Gasteiger partial charge in [0.15, 0.2) is 0 Å². The van der Waals surface area contributed by atoms with Crippen LogP contribution in [0, 0.1) is 5.92 Å². The Morgan fingerprint density at radius 1 is 1.33 bits per heavy atom. The Hall–Kier alpha value is -0.600. The maximum Gasteiger partial charge on any atom is 0.116 e.